The van der Waals surface area contributed by atoms with Crippen LogP contribution >= 0.6 is 0 Å². The Bertz CT molecular complexity index is 2490. The maximum atomic E-state index is 13.1. The number of piperidine rings is 1. The van der Waals surface area contributed by atoms with E-state index in [1.807, 2.05) is 17.0 Å². The molecule has 7 rings (SSSR count). The van der Waals surface area contributed by atoms with Crippen LogP contribution < -0.4 is 26.0 Å². The van der Waals surface area contributed by atoms with Crippen molar-refractivity contribution in [3.05, 3.63) is 133 Å². The maximum absolute atomic E-state index is 13.1. The molecule has 0 spiro atoms. The zero-order valence-corrected chi connectivity index (χ0v) is 35.6. The lowest BCUT2D eigenvalue weighted by Crippen LogP contribution is -2.47. The van der Waals surface area contributed by atoms with Crippen molar-refractivity contribution in [3.63, 3.8) is 0 Å². The van der Waals surface area contributed by atoms with E-state index in [2.05, 4.69) is 40.9 Å². The van der Waals surface area contributed by atoms with Crippen LogP contribution in [0.15, 0.2) is 126 Å². The number of urea groups is 2. The quantitative estimate of drug-likeness (QED) is 0.116. The molecule has 2 aliphatic rings. The van der Waals surface area contributed by atoms with Gasteiger partial charge in [0.1, 0.15) is 5.82 Å². The fourth-order valence-electron chi connectivity index (χ4n) is 6.48. The Morgan fingerprint density at radius 2 is 1.21 bits per heavy atom. The molecule has 326 valence electrons. The van der Waals surface area contributed by atoms with Crippen LogP contribution in [0.25, 0.3) is 0 Å². The first-order chi connectivity index (χ1) is 29.9. The largest absolute Gasteiger partial charge is 0.378 e. The molecule has 0 atom stereocenters. The highest BCUT2D eigenvalue weighted by Gasteiger charge is 2.34. The molecule has 62 heavy (non-hydrogen) atoms. The molecule has 0 saturated carbocycles. The number of hydrogen-bond acceptors (Lipinski definition) is 11. The Balaban J connectivity index is 0.000000211. The lowest BCUT2D eigenvalue weighted by molar-refractivity contribution is -0.140. The van der Waals surface area contributed by atoms with Crippen LogP contribution in [0.1, 0.15) is 29.7 Å². The molecule has 5 N–H and O–H groups in total. The molecule has 18 nitrogen and oxygen atoms in total. The van der Waals surface area contributed by atoms with Crippen molar-refractivity contribution in [2.75, 3.05) is 54.7 Å². The van der Waals surface area contributed by atoms with Crippen LogP contribution in [-0.2, 0) is 42.7 Å². The third-order valence-electron chi connectivity index (χ3n) is 9.78. The van der Waals surface area contributed by atoms with E-state index >= 15 is 0 Å². The van der Waals surface area contributed by atoms with Crippen LogP contribution in [0, 0.1) is 12.8 Å². The van der Waals surface area contributed by atoms with Crippen molar-refractivity contribution in [3.8, 4) is 0 Å². The first-order valence-electron chi connectivity index (χ1n) is 19.8. The molecule has 2 fully saturated rings. The van der Waals surface area contributed by atoms with Crippen molar-refractivity contribution < 1.29 is 36.0 Å². The number of hydrogen-bond donors (Lipinski definition) is 5. The third-order valence-corrected chi connectivity index (χ3v) is 13.1. The summed E-state index contributed by atoms with van der Waals surface area (Å²) in [6.45, 7) is 5.34. The first-order valence-corrected chi connectivity index (χ1v) is 22.7. The molecule has 20 heteroatoms. The van der Waals surface area contributed by atoms with E-state index in [0.29, 0.717) is 82.4 Å². The second kappa shape index (κ2) is 21.4. The average Bonchev–Trinajstić information content (AvgIpc) is 3.29. The zero-order valence-electron chi connectivity index (χ0n) is 33.9. The smallest absolute Gasteiger partial charge is 0.319 e. The lowest BCUT2D eigenvalue weighted by atomic mass is 9.96. The Hall–Kier alpha value is -6.48. The van der Waals surface area contributed by atoms with E-state index in [-0.39, 0.29) is 27.4 Å². The molecule has 0 unspecified atom stereocenters. The van der Waals surface area contributed by atoms with Crippen LogP contribution in [0.4, 0.5) is 26.8 Å². The van der Waals surface area contributed by atoms with Crippen molar-refractivity contribution >= 4 is 55.2 Å². The number of amides is 5. The van der Waals surface area contributed by atoms with Gasteiger partial charge in [-0.05, 0) is 104 Å². The minimum atomic E-state index is -3.77. The number of carbonyl (C=O) groups excluding carboxylic acids is 3. The van der Waals surface area contributed by atoms with Gasteiger partial charge in [-0.1, -0.05) is 18.2 Å². The van der Waals surface area contributed by atoms with Crippen LogP contribution in [0.5, 0.6) is 0 Å². The summed E-state index contributed by atoms with van der Waals surface area (Å²) in [5.74, 6) is 0.191. The molecule has 2 aromatic carbocycles. The predicted molar refractivity (Wildman–Crippen MR) is 232 cm³/mol. The molecule has 2 saturated heterocycles. The number of sulfonamides is 2. The van der Waals surface area contributed by atoms with E-state index in [1.54, 1.807) is 74.2 Å². The third kappa shape index (κ3) is 13.0. The van der Waals surface area contributed by atoms with E-state index < -0.39 is 32.1 Å². The van der Waals surface area contributed by atoms with Gasteiger partial charge in [0.15, 0.2) is 0 Å². The molecule has 2 aliphatic heterocycles. The number of aryl methyl sites for hydroxylation is 1. The number of pyridine rings is 3. The number of aromatic nitrogens is 3. The molecule has 0 aliphatic carbocycles. The van der Waals surface area contributed by atoms with Gasteiger partial charge in [0, 0.05) is 87.0 Å². The number of rotatable bonds is 12. The van der Waals surface area contributed by atoms with Gasteiger partial charge in [-0.25, -0.2) is 31.4 Å². The Morgan fingerprint density at radius 3 is 1.71 bits per heavy atom. The van der Waals surface area contributed by atoms with Gasteiger partial charge in [0.25, 0.3) is 10.0 Å². The molecule has 3 aromatic heterocycles. The number of ether oxygens (including phenoxy) is 1. The summed E-state index contributed by atoms with van der Waals surface area (Å²) in [5, 5.41) is 10.8. The number of nitrogens with one attached hydrogen (secondary N) is 5. The van der Waals surface area contributed by atoms with Gasteiger partial charge >= 0.3 is 12.1 Å². The Labute approximate surface area is 360 Å². The predicted octanol–water partition coefficient (Wildman–Crippen LogP) is 4.57. The van der Waals surface area contributed by atoms with Gasteiger partial charge in [-0.15, -0.1) is 0 Å². The molecule has 0 radical (unpaired) electrons. The topological polar surface area (TPSA) is 234 Å². The minimum absolute atomic E-state index is 0.0668. The average molecular weight is 885 g/mol. The summed E-state index contributed by atoms with van der Waals surface area (Å²) < 4.78 is 60.2. The standard InChI is InChI=1S/C23H29N5O5S.C19H19N5O3S/c29-22(27-12-14-33-15-13-27)19-7-10-28(11-8-19)34(31,32)21-5-3-20(4-6-21)26-23(30)25-17-18-2-1-9-24-16-18;1-14-4-2-6-18(22-14)24-28(26,27)17-9-7-16(8-10-17)23-19(25)21-13-15-5-3-11-20-12-15/h1-6,9,16,19H,7-8,10-15,17H2,(H2,25,26,30);2-12H,13H2,1H3,(H,22,24)(H2,21,23,25). The summed E-state index contributed by atoms with van der Waals surface area (Å²) in [5.41, 5.74) is 3.40. The van der Waals surface area contributed by atoms with Gasteiger partial charge in [-0.3, -0.25) is 19.5 Å². The number of anilines is 3. The molecule has 5 aromatic rings. The van der Waals surface area contributed by atoms with E-state index in [1.165, 1.54) is 40.7 Å². The van der Waals surface area contributed by atoms with Gasteiger partial charge in [-0.2, -0.15) is 4.31 Å². The van der Waals surface area contributed by atoms with Crippen molar-refractivity contribution in [1.29, 1.82) is 0 Å². The van der Waals surface area contributed by atoms with Crippen molar-refractivity contribution in [2.24, 2.45) is 5.92 Å². The van der Waals surface area contributed by atoms with E-state index in [0.717, 1.165) is 11.1 Å². The molecule has 5 amide bonds. The second-order valence-corrected chi connectivity index (χ2v) is 17.9. The number of morpholine rings is 1. The number of nitrogens with zero attached hydrogens (tertiary/aromatic N) is 5. The highest BCUT2D eigenvalue weighted by Crippen LogP contribution is 2.26. The fourth-order valence-corrected chi connectivity index (χ4v) is 8.95. The van der Waals surface area contributed by atoms with Crippen LogP contribution in [-0.4, -0.2) is 98.4 Å². The van der Waals surface area contributed by atoms with Crippen LogP contribution in [0.2, 0.25) is 0 Å². The summed E-state index contributed by atoms with van der Waals surface area (Å²) in [7, 11) is -7.44. The normalized spacial score (nSPS) is 14.7. The molecular weight excluding hydrogens is 837 g/mol. The highest BCUT2D eigenvalue weighted by atomic mass is 32.2. The lowest BCUT2D eigenvalue weighted by Gasteiger charge is -2.35. The number of carbonyl (C=O) groups is 3. The van der Waals surface area contributed by atoms with E-state index in [9.17, 15) is 31.2 Å². The summed E-state index contributed by atoms with van der Waals surface area (Å²) in [6, 6.07) is 23.5. The first kappa shape index (κ1) is 45.1. The maximum Gasteiger partial charge on any atom is 0.319 e. The van der Waals surface area contributed by atoms with Gasteiger partial charge in [0.2, 0.25) is 15.9 Å². The second-order valence-electron chi connectivity index (χ2n) is 14.3. The Morgan fingerprint density at radius 1 is 0.677 bits per heavy atom. The highest BCUT2D eigenvalue weighted by molar-refractivity contribution is 7.92. The SMILES string of the molecule is Cc1cccc(NS(=O)(=O)c2ccc(NC(=O)NCc3cccnc3)cc2)n1.O=C(NCc1cccnc1)Nc1ccc(S(=O)(=O)N2CCC(C(=O)N3CCOCC3)CC2)cc1. The van der Waals surface area contributed by atoms with Crippen molar-refractivity contribution in [2.45, 2.75) is 42.6 Å². The zero-order chi connectivity index (χ0) is 44.0. The summed E-state index contributed by atoms with van der Waals surface area (Å²) in [4.78, 5) is 50.9. The summed E-state index contributed by atoms with van der Waals surface area (Å²) >= 11 is 0. The molecule has 0 bridgehead atoms. The van der Waals surface area contributed by atoms with Gasteiger partial charge < -0.3 is 30.9 Å². The van der Waals surface area contributed by atoms with E-state index in [4.69, 9.17) is 4.74 Å². The van der Waals surface area contributed by atoms with Gasteiger partial charge in [0.05, 0.1) is 23.0 Å². The number of benzene rings is 2. The molecule has 5 heterocycles. The van der Waals surface area contributed by atoms with Crippen LogP contribution in [0.3, 0.4) is 0 Å². The minimum Gasteiger partial charge on any atom is -0.378 e. The fraction of sp³-hybridized carbons (Fsp3) is 0.286. The summed E-state index contributed by atoms with van der Waals surface area (Å²) in [6.07, 6.45) is 7.66. The van der Waals surface area contributed by atoms with Crippen molar-refractivity contribution in [1.82, 2.24) is 34.8 Å². The Kier molecular flexibility index (Phi) is 15.5. The monoisotopic (exact) mass is 884 g/mol. The molecular formula is C42H48N10O8S2.